The van der Waals surface area contributed by atoms with Crippen molar-refractivity contribution in [3.05, 3.63) is 35.9 Å². The highest BCUT2D eigenvalue weighted by atomic mass is 16.6. The first-order chi connectivity index (χ1) is 12.2. The Hall–Kier alpha value is -1.92. The molecule has 2 unspecified atom stereocenters. The molecule has 0 fully saturated rings. The fourth-order valence-corrected chi connectivity index (χ4v) is 2.45. The molecule has 0 heterocycles. The number of carbonyl (C=O) groups is 2. The van der Waals surface area contributed by atoms with Crippen LogP contribution in [0.4, 0.5) is 0 Å². The second-order valence-electron chi connectivity index (χ2n) is 7.59. The van der Waals surface area contributed by atoms with E-state index in [1.165, 1.54) is 7.11 Å². The van der Waals surface area contributed by atoms with Crippen LogP contribution >= 0.6 is 0 Å². The summed E-state index contributed by atoms with van der Waals surface area (Å²) in [6.07, 6.45) is 0.467. The molecule has 0 saturated heterocycles. The summed E-state index contributed by atoms with van der Waals surface area (Å²) in [5.41, 5.74) is 1.11. The number of rotatable bonds is 11. The van der Waals surface area contributed by atoms with Gasteiger partial charge in [0.15, 0.2) is 6.10 Å². The number of carboxylic acid groups (broad SMARTS) is 1. The van der Waals surface area contributed by atoms with Gasteiger partial charge in [0.05, 0.1) is 20.1 Å². The van der Waals surface area contributed by atoms with Crippen molar-refractivity contribution in [2.45, 2.75) is 52.2 Å². The number of hydrogen-bond donors (Lipinski definition) is 2. The SMILES string of the molecule is COC(=O)C(Cc1ccccc1)OCC(CC(=O)O)NCCC(C)(C)C. The number of methoxy groups -OCH3 is 1. The van der Waals surface area contributed by atoms with Gasteiger partial charge in [-0.1, -0.05) is 51.1 Å². The lowest BCUT2D eigenvalue weighted by molar-refractivity contribution is -0.154. The molecule has 0 aliphatic heterocycles. The Labute approximate surface area is 155 Å². The molecule has 0 aliphatic rings. The molecule has 0 amide bonds. The maximum atomic E-state index is 12.0. The minimum absolute atomic E-state index is 0.0661. The molecule has 1 aromatic carbocycles. The van der Waals surface area contributed by atoms with E-state index in [2.05, 4.69) is 26.1 Å². The zero-order chi connectivity index (χ0) is 19.6. The molecule has 6 nitrogen and oxygen atoms in total. The van der Waals surface area contributed by atoms with E-state index >= 15 is 0 Å². The lowest BCUT2D eigenvalue weighted by Crippen LogP contribution is -2.40. The second kappa shape index (κ2) is 10.9. The average molecular weight is 365 g/mol. The molecule has 2 atom stereocenters. The number of benzene rings is 1. The third-order valence-electron chi connectivity index (χ3n) is 3.96. The van der Waals surface area contributed by atoms with Crippen molar-refractivity contribution in [1.82, 2.24) is 5.32 Å². The highest BCUT2D eigenvalue weighted by Gasteiger charge is 2.23. The highest BCUT2D eigenvalue weighted by Crippen LogP contribution is 2.17. The molecular formula is C20H31NO5. The molecule has 1 rings (SSSR count). The maximum absolute atomic E-state index is 12.0. The molecule has 26 heavy (non-hydrogen) atoms. The van der Waals surface area contributed by atoms with E-state index in [9.17, 15) is 9.59 Å². The molecule has 0 bridgehead atoms. The van der Waals surface area contributed by atoms with Crippen molar-refractivity contribution >= 4 is 11.9 Å². The Morgan fingerprint density at radius 3 is 2.38 bits per heavy atom. The van der Waals surface area contributed by atoms with Crippen LogP contribution in [0.25, 0.3) is 0 Å². The third kappa shape index (κ3) is 9.53. The number of nitrogens with one attached hydrogen (secondary N) is 1. The number of aliphatic carboxylic acids is 1. The number of esters is 1. The zero-order valence-corrected chi connectivity index (χ0v) is 16.2. The topological polar surface area (TPSA) is 84.9 Å². The van der Waals surface area contributed by atoms with Gasteiger partial charge in [-0.05, 0) is 23.9 Å². The summed E-state index contributed by atoms with van der Waals surface area (Å²) in [5.74, 6) is -1.36. The van der Waals surface area contributed by atoms with Crippen LogP contribution in [-0.4, -0.2) is 49.5 Å². The molecule has 0 aromatic heterocycles. The van der Waals surface area contributed by atoms with Crippen molar-refractivity contribution in [3.63, 3.8) is 0 Å². The number of carboxylic acids is 1. The fraction of sp³-hybridized carbons (Fsp3) is 0.600. The van der Waals surface area contributed by atoms with Crippen molar-refractivity contribution in [3.8, 4) is 0 Å². The van der Waals surface area contributed by atoms with Crippen LogP contribution in [0.2, 0.25) is 0 Å². The van der Waals surface area contributed by atoms with Gasteiger partial charge in [-0.25, -0.2) is 4.79 Å². The summed E-state index contributed by atoms with van der Waals surface area (Å²) in [7, 11) is 1.32. The predicted molar refractivity (Wildman–Crippen MR) is 100 cm³/mol. The van der Waals surface area contributed by atoms with Crippen LogP contribution in [0, 0.1) is 5.41 Å². The largest absolute Gasteiger partial charge is 0.481 e. The standard InChI is InChI=1S/C20H31NO5/c1-20(2,3)10-11-21-16(13-18(22)23)14-26-17(19(24)25-4)12-15-8-6-5-7-9-15/h5-9,16-17,21H,10-14H2,1-4H3,(H,22,23). The van der Waals surface area contributed by atoms with Crippen molar-refractivity contribution in [1.29, 1.82) is 0 Å². The summed E-state index contributed by atoms with van der Waals surface area (Å²) < 4.78 is 10.6. The maximum Gasteiger partial charge on any atom is 0.335 e. The Balaban J connectivity index is 2.64. The Morgan fingerprint density at radius 1 is 1.19 bits per heavy atom. The van der Waals surface area contributed by atoms with Gasteiger partial charge in [-0.2, -0.15) is 0 Å². The summed E-state index contributed by atoms with van der Waals surface area (Å²) in [6, 6.07) is 9.15. The van der Waals surface area contributed by atoms with Gasteiger partial charge in [-0.3, -0.25) is 4.79 Å². The molecule has 6 heteroatoms. The first-order valence-electron chi connectivity index (χ1n) is 8.90. The van der Waals surface area contributed by atoms with Gasteiger partial charge in [0.2, 0.25) is 0 Å². The van der Waals surface area contributed by atoms with Gasteiger partial charge in [0.25, 0.3) is 0 Å². The Bertz CT molecular complexity index is 553. The van der Waals surface area contributed by atoms with Crippen LogP contribution in [0.15, 0.2) is 30.3 Å². The van der Waals surface area contributed by atoms with Gasteiger partial charge in [0, 0.05) is 12.5 Å². The molecule has 0 radical (unpaired) electrons. The minimum atomic E-state index is -0.903. The van der Waals surface area contributed by atoms with E-state index in [1.807, 2.05) is 30.3 Å². The minimum Gasteiger partial charge on any atom is -0.481 e. The Morgan fingerprint density at radius 2 is 1.85 bits per heavy atom. The Kier molecular flexibility index (Phi) is 9.30. The number of ether oxygens (including phenoxy) is 2. The molecule has 1 aromatic rings. The number of carbonyl (C=O) groups excluding carboxylic acids is 1. The van der Waals surface area contributed by atoms with Gasteiger partial charge < -0.3 is 19.9 Å². The molecule has 0 aliphatic carbocycles. The van der Waals surface area contributed by atoms with Crippen molar-refractivity contribution < 1.29 is 24.2 Å². The monoisotopic (exact) mass is 365 g/mol. The first kappa shape index (κ1) is 22.1. The molecule has 0 saturated carbocycles. The number of hydrogen-bond acceptors (Lipinski definition) is 5. The van der Waals surface area contributed by atoms with Crippen LogP contribution in [0.1, 0.15) is 39.2 Å². The van der Waals surface area contributed by atoms with E-state index in [0.717, 1.165) is 12.0 Å². The van der Waals surface area contributed by atoms with Gasteiger partial charge in [-0.15, -0.1) is 0 Å². The van der Waals surface area contributed by atoms with Gasteiger partial charge >= 0.3 is 11.9 Å². The van der Waals surface area contributed by atoms with Crippen LogP contribution in [-0.2, 0) is 25.5 Å². The summed E-state index contributed by atoms with van der Waals surface area (Å²) in [5, 5.41) is 12.3. The third-order valence-corrected chi connectivity index (χ3v) is 3.96. The van der Waals surface area contributed by atoms with Crippen LogP contribution in [0.5, 0.6) is 0 Å². The van der Waals surface area contributed by atoms with E-state index in [4.69, 9.17) is 14.6 Å². The van der Waals surface area contributed by atoms with E-state index < -0.39 is 18.0 Å². The lowest BCUT2D eigenvalue weighted by Gasteiger charge is -2.23. The van der Waals surface area contributed by atoms with Crippen LogP contribution < -0.4 is 5.32 Å². The quantitative estimate of drug-likeness (QED) is 0.587. The van der Waals surface area contributed by atoms with Crippen LogP contribution in [0.3, 0.4) is 0 Å². The first-order valence-corrected chi connectivity index (χ1v) is 8.90. The zero-order valence-electron chi connectivity index (χ0n) is 16.2. The smallest absolute Gasteiger partial charge is 0.335 e. The molecular weight excluding hydrogens is 334 g/mol. The predicted octanol–water partition coefficient (Wildman–Crippen LogP) is 2.66. The van der Waals surface area contributed by atoms with Crippen molar-refractivity contribution in [2.75, 3.05) is 20.3 Å². The summed E-state index contributed by atoms with van der Waals surface area (Å²) >= 11 is 0. The highest BCUT2D eigenvalue weighted by molar-refractivity contribution is 5.75. The molecule has 0 spiro atoms. The molecule has 146 valence electrons. The second-order valence-corrected chi connectivity index (χ2v) is 7.59. The molecule has 2 N–H and O–H groups in total. The fourth-order valence-electron chi connectivity index (χ4n) is 2.45. The van der Waals surface area contributed by atoms with E-state index in [1.54, 1.807) is 0 Å². The summed E-state index contributed by atoms with van der Waals surface area (Å²) in [4.78, 5) is 23.1. The summed E-state index contributed by atoms with van der Waals surface area (Å²) in [6.45, 7) is 7.20. The van der Waals surface area contributed by atoms with E-state index in [-0.39, 0.29) is 24.5 Å². The van der Waals surface area contributed by atoms with E-state index in [0.29, 0.717) is 13.0 Å². The average Bonchev–Trinajstić information content (AvgIpc) is 2.56. The van der Waals surface area contributed by atoms with Crippen molar-refractivity contribution in [2.24, 2.45) is 5.41 Å². The van der Waals surface area contributed by atoms with Gasteiger partial charge in [0.1, 0.15) is 0 Å². The lowest BCUT2D eigenvalue weighted by atomic mass is 9.92. The normalized spacial score (nSPS) is 13.8.